The zero-order valence-electron chi connectivity index (χ0n) is 19.2. The van der Waals surface area contributed by atoms with Crippen LogP contribution < -0.4 is 19.6 Å². The highest BCUT2D eigenvalue weighted by Crippen LogP contribution is 2.30. The van der Waals surface area contributed by atoms with E-state index in [2.05, 4.69) is 17.5 Å². The molecule has 1 N–H and O–H groups in total. The number of ether oxygens (including phenoxy) is 3. The van der Waals surface area contributed by atoms with E-state index < -0.39 is 11.9 Å². The number of rotatable bonds is 10. The second-order valence-electron chi connectivity index (χ2n) is 7.23. The molecule has 0 aliphatic rings. The van der Waals surface area contributed by atoms with Crippen molar-refractivity contribution in [2.75, 3.05) is 13.2 Å². The lowest BCUT2D eigenvalue weighted by atomic mass is 10.2. The number of aryl methyl sites for hydroxylation is 1. The molecular formula is C26H24Cl2N2O5. The minimum absolute atomic E-state index is 0.171. The molecule has 0 atom stereocenters. The zero-order chi connectivity index (χ0) is 25.2. The van der Waals surface area contributed by atoms with Crippen molar-refractivity contribution in [2.45, 2.75) is 20.3 Å². The Bertz CT molecular complexity index is 1210. The van der Waals surface area contributed by atoms with Crippen molar-refractivity contribution in [3.8, 4) is 17.2 Å². The number of halogens is 2. The summed E-state index contributed by atoms with van der Waals surface area (Å²) in [7, 11) is 0. The molecule has 0 unspecified atom stereocenters. The van der Waals surface area contributed by atoms with E-state index in [9.17, 15) is 9.59 Å². The Morgan fingerprint density at radius 3 is 2.40 bits per heavy atom. The summed E-state index contributed by atoms with van der Waals surface area (Å²) in [5.74, 6) is 0.0983. The number of esters is 1. The Kier molecular flexibility index (Phi) is 9.52. The fourth-order valence-electron chi connectivity index (χ4n) is 2.95. The van der Waals surface area contributed by atoms with E-state index in [1.54, 1.807) is 31.2 Å². The number of carbonyl (C=O) groups excluding carboxylic acids is 2. The highest BCUT2D eigenvalue weighted by Gasteiger charge is 2.16. The number of nitrogens with zero attached hydrogens (tertiary/aromatic N) is 1. The maximum Gasteiger partial charge on any atom is 0.345 e. The van der Waals surface area contributed by atoms with E-state index in [1.807, 2.05) is 24.3 Å². The first-order valence-corrected chi connectivity index (χ1v) is 11.6. The first kappa shape index (κ1) is 26.1. The van der Waals surface area contributed by atoms with Gasteiger partial charge in [0, 0.05) is 5.02 Å². The molecule has 9 heteroatoms. The molecule has 0 saturated heterocycles. The second kappa shape index (κ2) is 12.8. The molecule has 3 rings (SSSR count). The Labute approximate surface area is 213 Å². The van der Waals surface area contributed by atoms with Crippen LogP contribution in [-0.2, 0) is 11.2 Å². The van der Waals surface area contributed by atoms with Gasteiger partial charge in [-0.2, -0.15) is 5.10 Å². The Hall–Kier alpha value is -3.55. The fourth-order valence-corrected chi connectivity index (χ4v) is 3.43. The summed E-state index contributed by atoms with van der Waals surface area (Å²) in [6.45, 7) is 4.05. The van der Waals surface area contributed by atoms with Gasteiger partial charge in [0.05, 0.1) is 23.4 Å². The lowest BCUT2D eigenvalue weighted by molar-refractivity contribution is -0.123. The summed E-state index contributed by atoms with van der Waals surface area (Å²) in [4.78, 5) is 24.5. The minimum atomic E-state index is -0.648. The summed E-state index contributed by atoms with van der Waals surface area (Å²) < 4.78 is 16.5. The molecular weight excluding hydrogens is 491 g/mol. The molecule has 3 aromatic carbocycles. The molecule has 7 nitrogen and oxygen atoms in total. The van der Waals surface area contributed by atoms with Gasteiger partial charge < -0.3 is 14.2 Å². The topological polar surface area (TPSA) is 86.2 Å². The molecule has 0 aromatic heterocycles. The van der Waals surface area contributed by atoms with Gasteiger partial charge >= 0.3 is 5.97 Å². The van der Waals surface area contributed by atoms with Gasteiger partial charge in [-0.05, 0) is 73.0 Å². The monoisotopic (exact) mass is 514 g/mol. The highest BCUT2D eigenvalue weighted by molar-refractivity contribution is 6.36. The predicted molar refractivity (Wildman–Crippen MR) is 136 cm³/mol. The average Bonchev–Trinajstić information content (AvgIpc) is 2.84. The smallest absolute Gasteiger partial charge is 0.345 e. The third-order valence-corrected chi connectivity index (χ3v) is 5.27. The highest BCUT2D eigenvalue weighted by atomic mass is 35.5. The average molecular weight is 515 g/mol. The molecule has 3 aromatic rings. The summed E-state index contributed by atoms with van der Waals surface area (Å²) in [5, 5.41) is 4.54. The maximum absolute atomic E-state index is 12.5. The molecule has 0 radical (unpaired) electrons. The van der Waals surface area contributed by atoms with Crippen LogP contribution in [0.3, 0.4) is 0 Å². The molecule has 0 bridgehead atoms. The Balaban J connectivity index is 1.59. The van der Waals surface area contributed by atoms with E-state index in [-0.39, 0.29) is 22.9 Å². The first-order chi connectivity index (χ1) is 16.9. The Morgan fingerprint density at radius 1 is 0.943 bits per heavy atom. The van der Waals surface area contributed by atoms with E-state index in [0.29, 0.717) is 28.7 Å². The van der Waals surface area contributed by atoms with Gasteiger partial charge in [-0.3, -0.25) is 4.79 Å². The first-order valence-electron chi connectivity index (χ1n) is 10.9. The number of hydrazone groups is 1. The standard InChI is InChI=1S/C26H24Cl2N2O5/c1-3-17-5-9-20(10-6-17)34-16-25(31)30-29-15-18-7-12-23(24(13-18)33-4-2)35-26(32)21-11-8-19(27)14-22(21)28/h5-15H,3-4,16H2,1-2H3,(H,30,31)/b29-15-. The van der Waals surface area contributed by atoms with Crippen molar-refractivity contribution < 1.29 is 23.8 Å². The SMILES string of the molecule is CCOc1cc(/C=N\NC(=O)COc2ccc(CC)cc2)ccc1OC(=O)c1ccc(Cl)cc1Cl. The van der Waals surface area contributed by atoms with Crippen LogP contribution in [0.1, 0.15) is 35.3 Å². The van der Waals surface area contributed by atoms with Crippen molar-refractivity contribution in [3.05, 3.63) is 87.4 Å². The molecule has 0 aliphatic carbocycles. The van der Waals surface area contributed by atoms with Crippen molar-refractivity contribution in [1.29, 1.82) is 0 Å². The van der Waals surface area contributed by atoms with Crippen LogP contribution in [0.2, 0.25) is 10.0 Å². The summed E-state index contributed by atoms with van der Waals surface area (Å²) in [5.41, 5.74) is 4.39. The number of carbonyl (C=O) groups is 2. The number of hydrogen-bond acceptors (Lipinski definition) is 6. The summed E-state index contributed by atoms with van der Waals surface area (Å²) in [6, 6.07) is 16.9. The number of hydrogen-bond donors (Lipinski definition) is 1. The van der Waals surface area contributed by atoms with Crippen LogP contribution in [0.4, 0.5) is 0 Å². The van der Waals surface area contributed by atoms with E-state index >= 15 is 0 Å². The van der Waals surface area contributed by atoms with Gasteiger partial charge in [0.1, 0.15) is 5.75 Å². The summed E-state index contributed by atoms with van der Waals surface area (Å²) in [6.07, 6.45) is 2.37. The van der Waals surface area contributed by atoms with E-state index in [0.717, 1.165) is 6.42 Å². The molecule has 182 valence electrons. The zero-order valence-corrected chi connectivity index (χ0v) is 20.7. The van der Waals surface area contributed by atoms with Crippen LogP contribution >= 0.6 is 23.2 Å². The van der Waals surface area contributed by atoms with Gasteiger partial charge in [-0.1, -0.05) is 42.3 Å². The van der Waals surface area contributed by atoms with Crippen molar-refractivity contribution in [1.82, 2.24) is 5.43 Å². The van der Waals surface area contributed by atoms with Crippen LogP contribution in [0.5, 0.6) is 17.2 Å². The van der Waals surface area contributed by atoms with Crippen LogP contribution in [-0.4, -0.2) is 31.3 Å². The van der Waals surface area contributed by atoms with Gasteiger partial charge in [-0.15, -0.1) is 0 Å². The van der Waals surface area contributed by atoms with Crippen LogP contribution in [0, 0.1) is 0 Å². The summed E-state index contributed by atoms with van der Waals surface area (Å²) >= 11 is 12.0. The largest absolute Gasteiger partial charge is 0.490 e. The van der Waals surface area contributed by atoms with Gasteiger partial charge in [-0.25, -0.2) is 10.2 Å². The van der Waals surface area contributed by atoms with E-state index in [4.69, 9.17) is 37.4 Å². The van der Waals surface area contributed by atoms with Crippen molar-refractivity contribution in [2.24, 2.45) is 5.10 Å². The normalized spacial score (nSPS) is 10.7. The van der Waals surface area contributed by atoms with Gasteiger partial charge in [0.2, 0.25) is 0 Å². The molecule has 0 saturated carbocycles. The molecule has 0 heterocycles. The molecule has 0 spiro atoms. The number of nitrogens with one attached hydrogen (secondary N) is 1. The third-order valence-electron chi connectivity index (χ3n) is 4.73. The van der Waals surface area contributed by atoms with Gasteiger partial charge in [0.25, 0.3) is 5.91 Å². The van der Waals surface area contributed by atoms with Crippen LogP contribution in [0.15, 0.2) is 65.8 Å². The quantitative estimate of drug-likeness (QED) is 0.162. The predicted octanol–water partition coefficient (Wildman–Crippen LogP) is 5.70. The van der Waals surface area contributed by atoms with Crippen molar-refractivity contribution >= 4 is 41.3 Å². The van der Waals surface area contributed by atoms with Crippen molar-refractivity contribution in [3.63, 3.8) is 0 Å². The maximum atomic E-state index is 12.5. The van der Waals surface area contributed by atoms with E-state index in [1.165, 1.54) is 23.9 Å². The fraction of sp³-hybridized carbons (Fsp3) is 0.192. The lowest BCUT2D eigenvalue weighted by Crippen LogP contribution is -2.24. The third kappa shape index (κ3) is 7.73. The molecule has 1 amide bonds. The number of benzene rings is 3. The van der Waals surface area contributed by atoms with Crippen LogP contribution in [0.25, 0.3) is 0 Å². The number of amides is 1. The Morgan fingerprint density at radius 2 is 1.71 bits per heavy atom. The lowest BCUT2D eigenvalue weighted by Gasteiger charge is -2.12. The van der Waals surface area contributed by atoms with Gasteiger partial charge in [0.15, 0.2) is 18.1 Å². The molecule has 0 fully saturated rings. The second-order valence-corrected chi connectivity index (χ2v) is 8.08. The molecule has 0 aliphatic heterocycles. The minimum Gasteiger partial charge on any atom is -0.490 e. The molecule has 35 heavy (non-hydrogen) atoms.